The van der Waals surface area contributed by atoms with Crippen molar-refractivity contribution in [3.05, 3.63) is 0 Å². The number of carboxylic acids is 1. The predicted octanol–water partition coefficient (Wildman–Crippen LogP) is 1.46. The molecule has 2 atom stereocenters. The number of carbonyl (C=O) groups excluding carboxylic acids is 1. The number of carboxylic acid groups (broad SMARTS) is 1. The van der Waals surface area contributed by atoms with Gasteiger partial charge in [-0.3, -0.25) is 4.90 Å². The zero-order valence-corrected chi connectivity index (χ0v) is 12.8. The topological polar surface area (TPSA) is 70.1 Å². The van der Waals surface area contributed by atoms with Crippen LogP contribution in [0.4, 0.5) is 4.79 Å². The molecule has 1 heterocycles. The van der Waals surface area contributed by atoms with E-state index in [9.17, 15) is 14.7 Å². The number of aliphatic carboxylic acids is 1. The Bertz CT molecular complexity index is 375. The predicted molar refractivity (Wildman–Crippen MR) is 76.8 cm³/mol. The third-order valence-electron chi connectivity index (χ3n) is 3.72. The average molecular weight is 302 g/mol. The Morgan fingerprint density at radius 1 is 1.45 bits per heavy atom. The summed E-state index contributed by atoms with van der Waals surface area (Å²) in [6.07, 6.45) is 2.78. The van der Waals surface area contributed by atoms with E-state index >= 15 is 0 Å². The van der Waals surface area contributed by atoms with Gasteiger partial charge in [-0.05, 0) is 19.3 Å². The molecule has 1 aliphatic heterocycles. The minimum atomic E-state index is -0.913. The Kier molecular flexibility index (Phi) is 5.15. The lowest BCUT2D eigenvalue weighted by molar-refractivity contribution is -0.141. The lowest BCUT2D eigenvalue weighted by atomic mass is 10.2. The van der Waals surface area contributed by atoms with Crippen LogP contribution in [-0.4, -0.2) is 70.4 Å². The van der Waals surface area contributed by atoms with Gasteiger partial charge < -0.3 is 14.7 Å². The van der Waals surface area contributed by atoms with Gasteiger partial charge in [-0.25, -0.2) is 9.59 Å². The van der Waals surface area contributed by atoms with Crippen molar-refractivity contribution in [2.45, 2.75) is 43.6 Å². The zero-order chi connectivity index (χ0) is 14.7. The minimum Gasteiger partial charge on any atom is -0.480 e. The Labute approximate surface area is 123 Å². The molecule has 1 saturated carbocycles. The molecule has 0 radical (unpaired) electrons. The van der Waals surface area contributed by atoms with Crippen molar-refractivity contribution in [2.24, 2.45) is 0 Å². The molecule has 0 bridgehead atoms. The fourth-order valence-electron chi connectivity index (χ4n) is 2.48. The standard InChI is InChI=1S/C13H22N2O4S/c1-3-11-15(10(8-20-11)12(16)17)13(18)14(6-7-19-2)9-4-5-9/h9-11H,3-8H2,1-2H3,(H,16,17). The third-order valence-corrected chi connectivity index (χ3v) is 5.17. The lowest BCUT2D eigenvalue weighted by Gasteiger charge is -2.33. The van der Waals surface area contributed by atoms with Crippen molar-refractivity contribution < 1.29 is 19.4 Å². The summed E-state index contributed by atoms with van der Waals surface area (Å²) in [5.41, 5.74) is 0. The molecular formula is C13H22N2O4S. The number of carbonyl (C=O) groups is 2. The van der Waals surface area contributed by atoms with Gasteiger partial charge in [-0.15, -0.1) is 11.8 Å². The second kappa shape index (κ2) is 6.67. The number of methoxy groups -OCH3 is 1. The number of hydrogen-bond donors (Lipinski definition) is 1. The molecular weight excluding hydrogens is 280 g/mol. The van der Waals surface area contributed by atoms with Gasteiger partial charge >= 0.3 is 12.0 Å². The van der Waals surface area contributed by atoms with Crippen LogP contribution < -0.4 is 0 Å². The van der Waals surface area contributed by atoms with Gasteiger partial charge in [0.05, 0.1) is 12.0 Å². The molecule has 1 saturated heterocycles. The summed E-state index contributed by atoms with van der Waals surface area (Å²) in [4.78, 5) is 27.4. The molecule has 2 aliphatic rings. The van der Waals surface area contributed by atoms with Gasteiger partial charge in [-0.2, -0.15) is 0 Å². The summed E-state index contributed by atoms with van der Waals surface area (Å²) < 4.78 is 5.06. The first kappa shape index (κ1) is 15.4. The van der Waals surface area contributed by atoms with Crippen molar-refractivity contribution in [1.82, 2.24) is 9.80 Å². The van der Waals surface area contributed by atoms with Crippen molar-refractivity contribution in [3.8, 4) is 0 Å². The number of thioether (sulfide) groups is 1. The first-order chi connectivity index (χ1) is 9.60. The number of hydrogen-bond acceptors (Lipinski definition) is 4. The Morgan fingerprint density at radius 2 is 2.15 bits per heavy atom. The van der Waals surface area contributed by atoms with Gasteiger partial charge in [0.2, 0.25) is 0 Å². The zero-order valence-electron chi connectivity index (χ0n) is 11.9. The summed E-state index contributed by atoms with van der Waals surface area (Å²) in [5.74, 6) is -0.438. The quantitative estimate of drug-likeness (QED) is 0.804. The van der Waals surface area contributed by atoms with Crippen LogP contribution in [0.25, 0.3) is 0 Å². The Balaban J connectivity index is 2.11. The first-order valence-corrected chi connectivity index (χ1v) is 8.07. The number of ether oxygens (including phenoxy) is 1. The lowest BCUT2D eigenvalue weighted by Crippen LogP contribution is -2.52. The minimum absolute atomic E-state index is 0.0348. The number of rotatable bonds is 6. The van der Waals surface area contributed by atoms with Crippen molar-refractivity contribution in [1.29, 1.82) is 0 Å². The maximum absolute atomic E-state index is 12.7. The van der Waals surface area contributed by atoms with E-state index in [1.54, 1.807) is 28.7 Å². The van der Waals surface area contributed by atoms with Crippen LogP contribution in [0.15, 0.2) is 0 Å². The van der Waals surface area contributed by atoms with E-state index in [1.807, 2.05) is 6.92 Å². The van der Waals surface area contributed by atoms with E-state index in [1.165, 1.54) is 0 Å². The highest BCUT2D eigenvalue weighted by Crippen LogP contribution is 2.35. The molecule has 2 unspecified atom stereocenters. The molecule has 0 aromatic rings. The Morgan fingerprint density at radius 3 is 2.65 bits per heavy atom. The third kappa shape index (κ3) is 3.20. The maximum Gasteiger partial charge on any atom is 0.327 e. The van der Waals surface area contributed by atoms with E-state index in [0.29, 0.717) is 18.9 Å². The molecule has 2 fully saturated rings. The van der Waals surface area contributed by atoms with Gasteiger partial charge in [0, 0.05) is 25.4 Å². The molecule has 0 aromatic heterocycles. The fourth-order valence-corrected chi connectivity index (χ4v) is 3.82. The van der Waals surface area contributed by atoms with Crippen molar-refractivity contribution in [3.63, 3.8) is 0 Å². The van der Waals surface area contributed by atoms with Gasteiger partial charge in [0.1, 0.15) is 6.04 Å². The molecule has 2 rings (SSSR count). The molecule has 0 spiro atoms. The fraction of sp³-hybridized carbons (Fsp3) is 0.846. The van der Waals surface area contributed by atoms with E-state index in [2.05, 4.69) is 0 Å². The van der Waals surface area contributed by atoms with Gasteiger partial charge in [0.15, 0.2) is 0 Å². The second-order valence-corrected chi connectivity index (χ2v) is 6.37. The SMILES string of the molecule is CCC1SCC(C(=O)O)N1C(=O)N(CCOC)C1CC1. The van der Waals surface area contributed by atoms with Crippen LogP contribution in [-0.2, 0) is 9.53 Å². The first-order valence-electron chi connectivity index (χ1n) is 7.02. The smallest absolute Gasteiger partial charge is 0.327 e. The summed E-state index contributed by atoms with van der Waals surface area (Å²) in [7, 11) is 1.61. The van der Waals surface area contributed by atoms with E-state index in [-0.39, 0.29) is 17.4 Å². The molecule has 1 aliphatic carbocycles. The number of nitrogens with zero attached hydrogens (tertiary/aromatic N) is 2. The van der Waals surface area contributed by atoms with Crippen LogP contribution in [0.3, 0.4) is 0 Å². The highest BCUT2D eigenvalue weighted by molar-refractivity contribution is 8.00. The van der Waals surface area contributed by atoms with Crippen LogP contribution >= 0.6 is 11.8 Å². The highest BCUT2D eigenvalue weighted by Gasteiger charge is 2.45. The van der Waals surface area contributed by atoms with Crippen LogP contribution in [0.2, 0.25) is 0 Å². The molecule has 114 valence electrons. The van der Waals surface area contributed by atoms with Crippen LogP contribution in [0, 0.1) is 0 Å². The molecule has 1 N–H and O–H groups in total. The summed E-state index contributed by atoms with van der Waals surface area (Å²) in [5, 5.41) is 9.27. The molecule has 6 nitrogen and oxygen atoms in total. The van der Waals surface area contributed by atoms with E-state index in [4.69, 9.17) is 4.74 Å². The summed E-state index contributed by atoms with van der Waals surface area (Å²) >= 11 is 1.55. The molecule has 0 aromatic carbocycles. The maximum atomic E-state index is 12.7. The molecule has 2 amide bonds. The monoisotopic (exact) mass is 302 g/mol. The normalized spacial score (nSPS) is 25.8. The van der Waals surface area contributed by atoms with Gasteiger partial charge in [-0.1, -0.05) is 6.92 Å². The van der Waals surface area contributed by atoms with Crippen LogP contribution in [0.5, 0.6) is 0 Å². The van der Waals surface area contributed by atoms with Crippen LogP contribution in [0.1, 0.15) is 26.2 Å². The number of urea groups is 1. The van der Waals surface area contributed by atoms with Gasteiger partial charge in [0.25, 0.3) is 0 Å². The Hall–Kier alpha value is -0.950. The summed E-state index contributed by atoms with van der Waals surface area (Å²) in [6.45, 7) is 3.00. The molecule has 20 heavy (non-hydrogen) atoms. The van der Waals surface area contributed by atoms with Crippen molar-refractivity contribution >= 4 is 23.8 Å². The number of amides is 2. The van der Waals surface area contributed by atoms with E-state index in [0.717, 1.165) is 19.3 Å². The second-order valence-electron chi connectivity index (χ2n) is 5.16. The van der Waals surface area contributed by atoms with Crippen molar-refractivity contribution in [2.75, 3.05) is 26.0 Å². The largest absolute Gasteiger partial charge is 0.480 e. The average Bonchev–Trinajstić information content (AvgIpc) is 3.16. The highest BCUT2D eigenvalue weighted by atomic mass is 32.2. The van der Waals surface area contributed by atoms with E-state index < -0.39 is 12.0 Å². The summed E-state index contributed by atoms with van der Waals surface area (Å²) in [6, 6.07) is -0.592. The molecule has 7 heteroatoms.